The van der Waals surface area contributed by atoms with Crippen LogP contribution in [0.5, 0.6) is 5.75 Å². The van der Waals surface area contributed by atoms with Crippen LogP contribution in [0.4, 0.5) is 5.69 Å². The lowest BCUT2D eigenvalue weighted by Gasteiger charge is -2.26. The molecule has 1 aromatic carbocycles. The molecule has 0 saturated carbocycles. The zero-order chi connectivity index (χ0) is 17.8. The van der Waals surface area contributed by atoms with Gasteiger partial charge in [-0.3, -0.25) is 9.59 Å². The number of para-hydroxylation sites is 1. The van der Waals surface area contributed by atoms with Crippen LogP contribution in [0, 0.1) is 0 Å². The number of fused-ring (bicyclic) bond motifs is 1. The number of nitrogens with zero attached hydrogens (tertiary/aromatic N) is 1. The van der Waals surface area contributed by atoms with Crippen molar-refractivity contribution in [2.45, 2.75) is 24.1 Å². The van der Waals surface area contributed by atoms with Crippen molar-refractivity contribution >= 4 is 40.6 Å². The number of carbonyl (C=O) groups excluding carboxylic acids is 2. The standard InChI is InChI=1S/C18H20N2O3S2/c1-3-13-8-14-18(25-13)24-11-17(22)20(14)10-16(21)19-9-12-6-4-5-7-15(12)23-2/h4-8H,3,9-11H2,1-2H3,(H,19,21). The van der Waals surface area contributed by atoms with Gasteiger partial charge in [-0.1, -0.05) is 25.1 Å². The number of thioether (sulfide) groups is 1. The fourth-order valence-corrected chi connectivity index (χ4v) is 4.92. The topological polar surface area (TPSA) is 58.6 Å². The van der Waals surface area contributed by atoms with Crippen molar-refractivity contribution in [1.29, 1.82) is 0 Å². The van der Waals surface area contributed by atoms with E-state index in [4.69, 9.17) is 4.74 Å². The second-order valence-corrected chi connectivity index (χ2v) is 7.98. The molecule has 132 valence electrons. The van der Waals surface area contributed by atoms with Crippen LogP contribution in [0.2, 0.25) is 0 Å². The maximum Gasteiger partial charge on any atom is 0.240 e. The summed E-state index contributed by atoms with van der Waals surface area (Å²) < 4.78 is 6.41. The van der Waals surface area contributed by atoms with E-state index in [9.17, 15) is 9.59 Å². The van der Waals surface area contributed by atoms with Gasteiger partial charge in [-0.15, -0.1) is 23.1 Å². The number of thiophene rings is 1. The molecule has 3 rings (SSSR count). The van der Waals surface area contributed by atoms with E-state index < -0.39 is 0 Å². The zero-order valence-electron chi connectivity index (χ0n) is 14.2. The van der Waals surface area contributed by atoms with Gasteiger partial charge in [-0.25, -0.2) is 0 Å². The minimum atomic E-state index is -0.179. The van der Waals surface area contributed by atoms with Gasteiger partial charge in [0.05, 0.1) is 22.8 Å². The number of nitrogens with one attached hydrogen (secondary N) is 1. The number of aryl methyl sites for hydroxylation is 1. The summed E-state index contributed by atoms with van der Waals surface area (Å²) in [5.74, 6) is 0.920. The first-order valence-corrected chi connectivity index (χ1v) is 9.87. The Labute approximate surface area is 155 Å². The zero-order valence-corrected chi connectivity index (χ0v) is 15.8. The van der Waals surface area contributed by atoms with Crippen molar-refractivity contribution in [3.63, 3.8) is 0 Å². The highest BCUT2D eigenvalue weighted by atomic mass is 32.2. The quantitative estimate of drug-likeness (QED) is 0.842. The highest BCUT2D eigenvalue weighted by Gasteiger charge is 2.28. The molecule has 0 saturated heterocycles. The molecule has 0 atom stereocenters. The van der Waals surface area contributed by atoms with E-state index in [2.05, 4.69) is 12.2 Å². The molecule has 0 radical (unpaired) electrons. The van der Waals surface area contributed by atoms with Crippen LogP contribution in [-0.4, -0.2) is 31.2 Å². The Bertz CT molecular complexity index is 788. The monoisotopic (exact) mass is 376 g/mol. The number of amides is 2. The van der Waals surface area contributed by atoms with Crippen molar-refractivity contribution in [2.24, 2.45) is 0 Å². The third kappa shape index (κ3) is 3.99. The molecule has 2 amide bonds. The molecule has 0 bridgehead atoms. The van der Waals surface area contributed by atoms with Gasteiger partial charge < -0.3 is 15.0 Å². The van der Waals surface area contributed by atoms with Crippen molar-refractivity contribution in [2.75, 3.05) is 24.3 Å². The van der Waals surface area contributed by atoms with Crippen molar-refractivity contribution in [1.82, 2.24) is 5.32 Å². The van der Waals surface area contributed by atoms with Crippen LogP contribution in [0.1, 0.15) is 17.4 Å². The number of hydrogen-bond donors (Lipinski definition) is 1. The number of methoxy groups -OCH3 is 1. The number of benzene rings is 1. The summed E-state index contributed by atoms with van der Waals surface area (Å²) in [5.41, 5.74) is 1.78. The van der Waals surface area contributed by atoms with Crippen molar-refractivity contribution < 1.29 is 14.3 Å². The Morgan fingerprint density at radius 3 is 2.92 bits per heavy atom. The number of rotatable bonds is 6. The lowest BCUT2D eigenvalue weighted by molar-refractivity contribution is -0.123. The first-order chi connectivity index (χ1) is 12.1. The van der Waals surface area contributed by atoms with Gasteiger partial charge in [0.2, 0.25) is 11.8 Å². The summed E-state index contributed by atoms with van der Waals surface area (Å²) >= 11 is 3.26. The van der Waals surface area contributed by atoms with Crippen LogP contribution in [0.15, 0.2) is 34.5 Å². The smallest absolute Gasteiger partial charge is 0.240 e. The van der Waals surface area contributed by atoms with E-state index in [-0.39, 0.29) is 18.4 Å². The molecule has 1 N–H and O–H groups in total. The van der Waals surface area contributed by atoms with E-state index in [1.54, 1.807) is 35.1 Å². The lowest BCUT2D eigenvalue weighted by Crippen LogP contribution is -2.42. The predicted octanol–water partition coefficient (Wildman–Crippen LogP) is 3.07. The Hall–Kier alpha value is -1.99. The predicted molar refractivity (Wildman–Crippen MR) is 102 cm³/mol. The Morgan fingerprint density at radius 1 is 1.36 bits per heavy atom. The van der Waals surface area contributed by atoms with Crippen LogP contribution >= 0.6 is 23.1 Å². The maximum absolute atomic E-state index is 12.4. The fourth-order valence-electron chi connectivity index (χ4n) is 2.63. The van der Waals surface area contributed by atoms with Crippen molar-refractivity contribution in [3.8, 4) is 5.75 Å². The number of carbonyl (C=O) groups is 2. The average molecular weight is 377 g/mol. The highest BCUT2D eigenvalue weighted by Crippen LogP contribution is 2.42. The third-order valence-corrected chi connectivity index (χ3v) is 6.50. The Balaban J connectivity index is 1.66. The van der Waals surface area contributed by atoms with Gasteiger partial charge in [0.15, 0.2) is 0 Å². The summed E-state index contributed by atoms with van der Waals surface area (Å²) in [6.45, 7) is 2.51. The second kappa shape index (κ2) is 7.93. The van der Waals surface area contributed by atoms with E-state index >= 15 is 0 Å². The molecular formula is C18H20N2O3S2. The van der Waals surface area contributed by atoms with E-state index in [0.29, 0.717) is 12.3 Å². The molecule has 2 aromatic rings. The normalized spacial score (nSPS) is 13.5. The van der Waals surface area contributed by atoms with Crippen LogP contribution < -0.4 is 15.0 Å². The molecule has 0 fully saturated rings. The maximum atomic E-state index is 12.4. The molecular weight excluding hydrogens is 356 g/mol. The van der Waals surface area contributed by atoms with Gasteiger partial charge in [0.1, 0.15) is 12.3 Å². The molecule has 7 heteroatoms. The number of ether oxygens (including phenoxy) is 1. The molecule has 1 aliphatic heterocycles. The summed E-state index contributed by atoms with van der Waals surface area (Å²) in [6.07, 6.45) is 0.931. The molecule has 1 aromatic heterocycles. The first-order valence-electron chi connectivity index (χ1n) is 8.06. The summed E-state index contributed by atoms with van der Waals surface area (Å²) in [7, 11) is 1.61. The lowest BCUT2D eigenvalue weighted by atomic mass is 10.2. The van der Waals surface area contributed by atoms with Gasteiger partial charge in [0, 0.05) is 17.0 Å². The number of anilines is 1. The molecule has 5 nitrogen and oxygen atoms in total. The fraction of sp³-hybridized carbons (Fsp3) is 0.333. The molecule has 1 aliphatic rings. The average Bonchev–Trinajstić information content (AvgIpc) is 3.06. The Kier molecular flexibility index (Phi) is 5.65. The van der Waals surface area contributed by atoms with Gasteiger partial charge in [-0.05, 0) is 18.6 Å². The first kappa shape index (κ1) is 17.8. The van der Waals surface area contributed by atoms with Crippen LogP contribution in [-0.2, 0) is 22.6 Å². The summed E-state index contributed by atoms with van der Waals surface area (Å²) in [5, 5.41) is 2.88. The minimum absolute atomic E-state index is 0.0228. The molecule has 25 heavy (non-hydrogen) atoms. The van der Waals surface area contributed by atoms with Crippen LogP contribution in [0.25, 0.3) is 0 Å². The summed E-state index contributed by atoms with van der Waals surface area (Å²) in [4.78, 5) is 27.5. The minimum Gasteiger partial charge on any atom is -0.496 e. The molecule has 2 heterocycles. The second-order valence-electron chi connectivity index (χ2n) is 5.60. The number of hydrogen-bond acceptors (Lipinski definition) is 5. The van der Waals surface area contributed by atoms with Gasteiger partial charge >= 0.3 is 0 Å². The largest absolute Gasteiger partial charge is 0.496 e. The molecule has 0 unspecified atom stereocenters. The SMILES string of the molecule is CCc1cc2c(s1)SCC(=O)N2CC(=O)NCc1ccccc1OC. The van der Waals surface area contributed by atoms with Crippen LogP contribution in [0.3, 0.4) is 0 Å². The Morgan fingerprint density at radius 2 is 2.16 bits per heavy atom. The van der Waals surface area contributed by atoms with Crippen molar-refractivity contribution in [3.05, 3.63) is 40.8 Å². The molecule has 0 aliphatic carbocycles. The highest BCUT2D eigenvalue weighted by molar-refractivity contribution is 8.02. The third-order valence-electron chi connectivity index (χ3n) is 3.97. The van der Waals surface area contributed by atoms with E-state index in [0.717, 1.165) is 27.6 Å². The van der Waals surface area contributed by atoms with E-state index in [1.807, 2.05) is 30.3 Å². The molecule has 0 spiro atoms. The van der Waals surface area contributed by atoms with Gasteiger partial charge in [0.25, 0.3) is 0 Å². The van der Waals surface area contributed by atoms with E-state index in [1.165, 1.54) is 4.88 Å². The summed E-state index contributed by atoms with van der Waals surface area (Å²) in [6, 6.07) is 9.58. The van der Waals surface area contributed by atoms with Gasteiger partial charge in [-0.2, -0.15) is 0 Å².